The third kappa shape index (κ3) is 4.62. The number of sulfonamides is 1. The highest BCUT2D eigenvalue weighted by Gasteiger charge is 2.29. The molecule has 43 heavy (non-hydrogen) atoms. The molecule has 0 saturated heterocycles. The molecule has 0 unspecified atom stereocenters. The molecule has 1 aliphatic carbocycles. The van der Waals surface area contributed by atoms with Crippen LogP contribution in [0.3, 0.4) is 0 Å². The lowest BCUT2D eigenvalue weighted by atomic mass is 9.98. The predicted octanol–water partition coefficient (Wildman–Crippen LogP) is 5.51. The van der Waals surface area contributed by atoms with E-state index in [0.717, 1.165) is 37.2 Å². The van der Waals surface area contributed by atoms with Gasteiger partial charge in [0, 0.05) is 47.1 Å². The number of hydrogen-bond donors (Lipinski definition) is 2. The van der Waals surface area contributed by atoms with Crippen molar-refractivity contribution in [2.75, 3.05) is 17.5 Å². The summed E-state index contributed by atoms with van der Waals surface area (Å²) in [5.41, 5.74) is 5.33. The number of ether oxygens (including phenoxy) is 1. The maximum Gasteiger partial charge on any atom is 0.255 e. The van der Waals surface area contributed by atoms with E-state index in [1.165, 1.54) is 37.0 Å². The van der Waals surface area contributed by atoms with Gasteiger partial charge in [0.05, 0.1) is 28.3 Å². The Labute approximate surface area is 247 Å². The molecule has 0 bridgehead atoms. The SMILES string of the molecule is CCS(=O)(=O)Nc1cc2oc(-c3ccc(F)cc3)c(C(=O)NC)c2cc1-c1cnc2c(c1)-c1nc3c(n1CO2)CCCC3. The summed E-state index contributed by atoms with van der Waals surface area (Å²) >= 11 is 0. The minimum Gasteiger partial charge on any atom is -0.455 e. The van der Waals surface area contributed by atoms with E-state index in [4.69, 9.17) is 14.1 Å². The first-order valence-corrected chi connectivity index (χ1v) is 15.7. The van der Waals surface area contributed by atoms with Crippen molar-refractivity contribution in [3.05, 3.63) is 71.4 Å². The summed E-state index contributed by atoms with van der Waals surface area (Å²) in [6.45, 7) is 1.88. The Balaban J connectivity index is 1.45. The zero-order valence-corrected chi connectivity index (χ0v) is 24.3. The Hall–Kier alpha value is -4.71. The molecular weight excluding hydrogens is 573 g/mol. The van der Waals surface area contributed by atoms with Gasteiger partial charge in [0.2, 0.25) is 15.9 Å². The van der Waals surface area contributed by atoms with Crippen LogP contribution in [0.2, 0.25) is 0 Å². The molecule has 0 atom stereocenters. The average molecular weight is 602 g/mol. The summed E-state index contributed by atoms with van der Waals surface area (Å²) in [5, 5.41) is 3.11. The number of fused-ring (bicyclic) bond motifs is 6. The van der Waals surface area contributed by atoms with Gasteiger partial charge in [0.15, 0.2) is 6.73 Å². The normalized spacial score (nSPS) is 14.0. The fraction of sp³-hybridized carbons (Fsp3) is 0.258. The van der Waals surface area contributed by atoms with Crippen molar-refractivity contribution < 1.29 is 26.8 Å². The summed E-state index contributed by atoms with van der Waals surface area (Å²) in [7, 11) is -2.19. The largest absolute Gasteiger partial charge is 0.455 e. The number of hydrogen-bond acceptors (Lipinski definition) is 7. The predicted molar refractivity (Wildman–Crippen MR) is 160 cm³/mol. The second-order valence-electron chi connectivity index (χ2n) is 10.6. The molecule has 5 aromatic rings. The first kappa shape index (κ1) is 27.1. The van der Waals surface area contributed by atoms with Gasteiger partial charge in [0.1, 0.15) is 23.0 Å². The van der Waals surface area contributed by atoms with Crippen LogP contribution in [0.15, 0.2) is 53.1 Å². The number of nitrogens with zero attached hydrogens (tertiary/aromatic N) is 3. The second-order valence-corrected chi connectivity index (χ2v) is 12.6. The lowest BCUT2D eigenvalue weighted by Gasteiger charge is -2.21. The Morgan fingerprint density at radius 1 is 1.07 bits per heavy atom. The Kier molecular flexibility index (Phi) is 6.46. The minimum absolute atomic E-state index is 0.147. The molecule has 220 valence electrons. The standard InChI is InChI=1S/C31H28FN5O5S/c1-3-43(39,40)36-24-14-26-21(27(30(38)33-2)28(42-26)17-8-10-19(32)11-9-17)13-20(24)18-12-22-29-35-23-6-4-5-7-25(23)37(29)16-41-31(22)34-15-18/h8-15,36H,3-7,16H2,1-2H3,(H,33,38). The van der Waals surface area contributed by atoms with Crippen molar-refractivity contribution in [2.45, 2.75) is 39.3 Å². The van der Waals surface area contributed by atoms with Crippen LogP contribution in [0.5, 0.6) is 5.88 Å². The molecular formula is C31H28FN5O5S. The molecule has 2 N–H and O–H groups in total. The molecule has 1 aliphatic heterocycles. The van der Waals surface area contributed by atoms with E-state index in [0.29, 0.717) is 40.3 Å². The molecule has 3 aromatic heterocycles. The Bertz CT molecular complexity index is 2030. The summed E-state index contributed by atoms with van der Waals surface area (Å²) in [6.07, 6.45) is 5.66. The van der Waals surface area contributed by atoms with Gasteiger partial charge in [-0.05, 0) is 69.0 Å². The number of rotatable bonds is 6. The number of anilines is 1. The van der Waals surface area contributed by atoms with Gasteiger partial charge in [-0.25, -0.2) is 22.8 Å². The molecule has 4 heterocycles. The second kappa shape index (κ2) is 10.2. The number of aromatic nitrogens is 3. The maximum atomic E-state index is 13.7. The molecule has 0 fully saturated rings. The van der Waals surface area contributed by atoms with Crippen molar-refractivity contribution in [2.24, 2.45) is 0 Å². The number of imidazole rings is 1. The number of furan rings is 1. The molecule has 7 rings (SSSR count). The van der Waals surface area contributed by atoms with Crippen molar-refractivity contribution >= 4 is 32.6 Å². The number of amides is 1. The fourth-order valence-corrected chi connectivity index (χ4v) is 6.45. The molecule has 2 aromatic carbocycles. The summed E-state index contributed by atoms with van der Waals surface area (Å²) in [4.78, 5) is 22.7. The monoisotopic (exact) mass is 601 g/mol. The van der Waals surface area contributed by atoms with Gasteiger partial charge in [-0.15, -0.1) is 0 Å². The maximum absolute atomic E-state index is 13.7. The highest BCUT2D eigenvalue weighted by Crippen LogP contribution is 2.43. The summed E-state index contributed by atoms with van der Waals surface area (Å²) in [5.74, 6) is 0.475. The Morgan fingerprint density at radius 2 is 1.86 bits per heavy atom. The molecule has 12 heteroatoms. The van der Waals surface area contributed by atoms with Gasteiger partial charge in [-0.3, -0.25) is 14.1 Å². The minimum atomic E-state index is -3.70. The number of halogens is 1. The summed E-state index contributed by atoms with van der Waals surface area (Å²) in [6, 6.07) is 10.8. The van der Waals surface area contributed by atoms with Crippen molar-refractivity contribution in [1.29, 1.82) is 0 Å². The molecule has 0 spiro atoms. The van der Waals surface area contributed by atoms with Gasteiger partial charge in [0.25, 0.3) is 5.91 Å². The van der Waals surface area contributed by atoms with Crippen LogP contribution >= 0.6 is 0 Å². The van der Waals surface area contributed by atoms with Gasteiger partial charge in [-0.1, -0.05) is 0 Å². The van der Waals surface area contributed by atoms with E-state index < -0.39 is 21.7 Å². The highest BCUT2D eigenvalue weighted by atomic mass is 32.2. The van der Waals surface area contributed by atoms with Crippen molar-refractivity contribution in [1.82, 2.24) is 19.9 Å². The lowest BCUT2D eigenvalue weighted by Crippen LogP contribution is -2.18. The number of pyridine rings is 1. The van der Waals surface area contributed by atoms with E-state index in [2.05, 4.69) is 19.6 Å². The van der Waals surface area contributed by atoms with Crippen LogP contribution in [0.4, 0.5) is 10.1 Å². The quantitative estimate of drug-likeness (QED) is 0.263. The van der Waals surface area contributed by atoms with Crippen molar-refractivity contribution in [3.8, 4) is 39.7 Å². The zero-order valence-electron chi connectivity index (χ0n) is 23.5. The van der Waals surface area contributed by atoms with Crippen LogP contribution in [-0.2, 0) is 29.6 Å². The molecule has 0 saturated carbocycles. The van der Waals surface area contributed by atoms with E-state index in [1.54, 1.807) is 25.3 Å². The van der Waals surface area contributed by atoms with Gasteiger partial charge in [-0.2, -0.15) is 0 Å². The number of carbonyl (C=O) groups excluding carboxylic acids is 1. The zero-order chi connectivity index (χ0) is 29.9. The third-order valence-electron chi connectivity index (χ3n) is 8.00. The number of aryl methyl sites for hydroxylation is 1. The van der Waals surface area contributed by atoms with E-state index in [-0.39, 0.29) is 28.3 Å². The first-order chi connectivity index (χ1) is 20.8. The van der Waals surface area contributed by atoms with Gasteiger partial charge >= 0.3 is 0 Å². The topological polar surface area (TPSA) is 128 Å². The number of benzene rings is 2. The van der Waals surface area contributed by atoms with Crippen molar-refractivity contribution in [3.63, 3.8) is 0 Å². The lowest BCUT2D eigenvalue weighted by molar-refractivity contribution is 0.0964. The van der Waals surface area contributed by atoms with Crippen LogP contribution in [-0.4, -0.2) is 41.7 Å². The Morgan fingerprint density at radius 3 is 2.63 bits per heavy atom. The van der Waals surface area contributed by atoms with Gasteiger partial charge < -0.3 is 14.5 Å². The van der Waals surface area contributed by atoms with Crippen LogP contribution < -0.4 is 14.8 Å². The average Bonchev–Trinajstić information content (AvgIpc) is 3.59. The van der Waals surface area contributed by atoms with E-state index in [1.807, 2.05) is 6.07 Å². The highest BCUT2D eigenvalue weighted by molar-refractivity contribution is 7.92. The molecule has 1 amide bonds. The third-order valence-corrected chi connectivity index (χ3v) is 9.29. The molecule has 2 aliphatic rings. The molecule has 0 radical (unpaired) electrons. The van der Waals surface area contributed by atoms with Crippen LogP contribution in [0.1, 0.15) is 41.5 Å². The fourth-order valence-electron chi connectivity index (χ4n) is 5.81. The number of carbonyl (C=O) groups is 1. The molecule has 10 nitrogen and oxygen atoms in total. The van der Waals surface area contributed by atoms with Crippen LogP contribution in [0.25, 0.3) is 44.8 Å². The smallest absolute Gasteiger partial charge is 0.255 e. The first-order valence-electron chi connectivity index (χ1n) is 14.1. The van der Waals surface area contributed by atoms with E-state index >= 15 is 0 Å². The summed E-state index contributed by atoms with van der Waals surface area (Å²) < 4.78 is 56.2. The van der Waals surface area contributed by atoms with E-state index in [9.17, 15) is 17.6 Å². The number of nitrogens with one attached hydrogen (secondary N) is 2. The van der Waals surface area contributed by atoms with Crippen LogP contribution in [0, 0.1) is 5.82 Å².